The van der Waals surface area contributed by atoms with Crippen molar-refractivity contribution in [3.05, 3.63) is 12.0 Å². The lowest BCUT2D eigenvalue weighted by Crippen LogP contribution is -2.62. The third-order valence-corrected chi connectivity index (χ3v) is 3.81. The summed E-state index contributed by atoms with van der Waals surface area (Å²) in [5.74, 6) is -1.09. The maximum Gasteiger partial charge on any atom is 0.357 e. The zero-order chi connectivity index (χ0) is 15.1. The van der Waals surface area contributed by atoms with E-state index in [-0.39, 0.29) is 16.9 Å². The number of anilines is 1. The van der Waals surface area contributed by atoms with Crippen LogP contribution in [-0.2, 0) is 9.47 Å². The van der Waals surface area contributed by atoms with Crippen molar-refractivity contribution in [2.24, 2.45) is 0 Å². The number of carbonyl (C=O) groups is 1. The van der Waals surface area contributed by atoms with Gasteiger partial charge in [0.05, 0.1) is 25.3 Å². The van der Waals surface area contributed by atoms with Crippen LogP contribution >= 0.6 is 0 Å². The average molecular weight is 296 g/mol. The third kappa shape index (κ3) is 2.89. The molecule has 1 aromatic heterocycles. The first-order valence-electron chi connectivity index (χ1n) is 7.11. The van der Waals surface area contributed by atoms with Crippen LogP contribution in [-0.4, -0.2) is 53.6 Å². The van der Waals surface area contributed by atoms with E-state index >= 15 is 0 Å². The van der Waals surface area contributed by atoms with Gasteiger partial charge in [-0.1, -0.05) is 0 Å². The van der Waals surface area contributed by atoms with Gasteiger partial charge in [0, 0.05) is 6.61 Å². The molecule has 1 spiro atoms. The van der Waals surface area contributed by atoms with Crippen molar-refractivity contribution in [1.82, 2.24) is 4.98 Å². The summed E-state index contributed by atoms with van der Waals surface area (Å²) in [5, 5.41) is 8.96. The number of oxazole rings is 1. The molecule has 1 unspecified atom stereocenters. The highest BCUT2D eigenvalue weighted by Gasteiger charge is 2.46. The number of hydrogen-bond donors (Lipinski definition) is 1. The van der Waals surface area contributed by atoms with Crippen LogP contribution in [0.25, 0.3) is 0 Å². The number of ether oxygens (including phenoxy) is 2. The maximum atomic E-state index is 10.9. The topological polar surface area (TPSA) is 85.0 Å². The van der Waals surface area contributed by atoms with E-state index in [0.29, 0.717) is 25.7 Å². The van der Waals surface area contributed by atoms with Crippen molar-refractivity contribution < 1.29 is 23.8 Å². The lowest BCUT2D eigenvalue weighted by molar-refractivity contribution is -0.198. The molecule has 2 saturated heterocycles. The molecule has 1 N–H and O–H groups in total. The largest absolute Gasteiger partial charge is 0.476 e. The zero-order valence-electron chi connectivity index (χ0n) is 12.3. The molecule has 2 aliphatic heterocycles. The Hall–Kier alpha value is -1.60. The van der Waals surface area contributed by atoms with Crippen LogP contribution in [0.3, 0.4) is 0 Å². The van der Waals surface area contributed by atoms with Crippen molar-refractivity contribution in [1.29, 1.82) is 0 Å². The minimum atomic E-state index is -1.09. The van der Waals surface area contributed by atoms with Crippen LogP contribution in [0.4, 0.5) is 6.01 Å². The second kappa shape index (κ2) is 4.99. The summed E-state index contributed by atoms with van der Waals surface area (Å²) in [6.45, 7) is 6.50. The van der Waals surface area contributed by atoms with Gasteiger partial charge in [-0.25, -0.2) is 4.79 Å². The highest BCUT2D eigenvalue weighted by Crippen LogP contribution is 2.36. The molecule has 0 saturated carbocycles. The molecule has 3 rings (SSSR count). The van der Waals surface area contributed by atoms with E-state index in [1.54, 1.807) is 0 Å². The van der Waals surface area contributed by atoms with Gasteiger partial charge in [0.2, 0.25) is 0 Å². The molecule has 7 nitrogen and oxygen atoms in total. The van der Waals surface area contributed by atoms with Crippen LogP contribution in [0.15, 0.2) is 10.7 Å². The number of hydrogen-bond acceptors (Lipinski definition) is 6. The number of carboxylic acid groups (broad SMARTS) is 1. The van der Waals surface area contributed by atoms with Crippen molar-refractivity contribution >= 4 is 12.0 Å². The molecule has 116 valence electrons. The van der Waals surface area contributed by atoms with E-state index in [2.05, 4.69) is 4.98 Å². The van der Waals surface area contributed by atoms with Gasteiger partial charge in [-0.05, 0) is 26.7 Å². The molecular formula is C14H20N2O5. The number of aromatic nitrogens is 1. The molecule has 0 amide bonds. The average Bonchev–Trinajstić information content (AvgIpc) is 2.87. The second-order valence-corrected chi connectivity index (χ2v) is 6.38. The quantitative estimate of drug-likeness (QED) is 0.886. The predicted molar refractivity (Wildman–Crippen MR) is 73.6 cm³/mol. The Morgan fingerprint density at radius 2 is 2.24 bits per heavy atom. The molecular weight excluding hydrogens is 276 g/mol. The molecule has 2 fully saturated rings. The van der Waals surface area contributed by atoms with E-state index in [9.17, 15) is 4.79 Å². The number of rotatable bonds is 2. The van der Waals surface area contributed by atoms with E-state index in [1.807, 2.05) is 18.7 Å². The van der Waals surface area contributed by atoms with Gasteiger partial charge in [-0.2, -0.15) is 4.98 Å². The first kappa shape index (κ1) is 14.3. The molecule has 0 aromatic carbocycles. The van der Waals surface area contributed by atoms with E-state index < -0.39 is 5.97 Å². The number of nitrogens with zero attached hydrogens (tertiary/aromatic N) is 2. The molecule has 0 bridgehead atoms. The molecule has 0 radical (unpaired) electrons. The molecule has 0 aliphatic carbocycles. The van der Waals surface area contributed by atoms with Crippen LogP contribution in [0.5, 0.6) is 0 Å². The highest BCUT2D eigenvalue weighted by molar-refractivity contribution is 5.85. The number of aromatic carboxylic acids is 1. The monoisotopic (exact) mass is 296 g/mol. The highest BCUT2D eigenvalue weighted by atomic mass is 16.6. The van der Waals surface area contributed by atoms with Crippen molar-refractivity contribution in [3.8, 4) is 0 Å². The Morgan fingerprint density at radius 1 is 1.43 bits per heavy atom. The zero-order valence-corrected chi connectivity index (χ0v) is 12.3. The van der Waals surface area contributed by atoms with E-state index in [0.717, 1.165) is 19.4 Å². The Labute approximate surface area is 122 Å². The van der Waals surface area contributed by atoms with Gasteiger partial charge in [0.25, 0.3) is 6.01 Å². The van der Waals surface area contributed by atoms with Gasteiger partial charge < -0.3 is 23.9 Å². The first-order chi connectivity index (χ1) is 9.89. The second-order valence-electron chi connectivity index (χ2n) is 6.38. The van der Waals surface area contributed by atoms with E-state index in [4.69, 9.17) is 19.0 Å². The number of morpholine rings is 1. The number of carboxylic acids is 1. The fraction of sp³-hybridized carbons (Fsp3) is 0.714. The smallest absolute Gasteiger partial charge is 0.357 e. The van der Waals surface area contributed by atoms with Crippen molar-refractivity contribution in [2.45, 2.75) is 37.9 Å². The van der Waals surface area contributed by atoms with Crippen LogP contribution in [0, 0.1) is 0 Å². The third-order valence-electron chi connectivity index (χ3n) is 3.81. The predicted octanol–water partition coefficient (Wildman–Crippen LogP) is 1.54. The summed E-state index contributed by atoms with van der Waals surface area (Å²) in [5.41, 5.74) is -0.836. The summed E-state index contributed by atoms with van der Waals surface area (Å²) in [7, 11) is 0. The van der Waals surface area contributed by atoms with Gasteiger partial charge in [0.15, 0.2) is 5.69 Å². The molecule has 21 heavy (non-hydrogen) atoms. The molecule has 2 aliphatic rings. The standard InChI is InChI=1S/C14H20N2O5/c1-13(2)7-16(12-15-10(6-20-12)11(17)18)8-14(21-13)4-3-5-19-9-14/h6H,3-5,7-9H2,1-2H3,(H,17,18). The summed E-state index contributed by atoms with van der Waals surface area (Å²) in [6, 6.07) is 0.328. The van der Waals surface area contributed by atoms with Gasteiger partial charge in [0.1, 0.15) is 11.9 Å². The Morgan fingerprint density at radius 3 is 2.86 bits per heavy atom. The molecule has 1 atom stereocenters. The Balaban J connectivity index is 1.85. The van der Waals surface area contributed by atoms with Gasteiger partial charge >= 0.3 is 5.97 Å². The lowest BCUT2D eigenvalue weighted by atomic mass is 9.91. The SMILES string of the molecule is CC1(C)CN(c2nc(C(=O)O)co2)CC2(CCCOC2)O1. The molecule has 3 heterocycles. The summed E-state index contributed by atoms with van der Waals surface area (Å²) < 4.78 is 17.2. The van der Waals surface area contributed by atoms with Crippen molar-refractivity contribution in [2.75, 3.05) is 31.2 Å². The molecule has 7 heteroatoms. The van der Waals surface area contributed by atoms with Crippen LogP contribution in [0.1, 0.15) is 37.2 Å². The molecule has 1 aromatic rings. The normalized spacial score (nSPS) is 28.8. The van der Waals surface area contributed by atoms with Crippen LogP contribution in [0.2, 0.25) is 0 Å². The maximum absolute atomic E-state index is 10.9. The fourth-order valence-corrected chi connectivity index (χ4v) is 3.19. The Bertz CT molecular complexity index is 533. The summed E-state index contributed by atoms with van der Waals surface area (Å²) >= 11 is 0. The van der Waals surface area contributed by atoms with E-state index in [1.165, 1.54) is 6.26 Å². The van der Waals surface area contributed by atoms with Gasteiger partial charge in [-0.3, -0.25) is 0 Å². The minimum Gasteiger partial charge on any atom is -0.476 e. The summed E-state index contributed by atoms with van der Waals surface area (Å²) in [4.78, 5) is 16.9. The van der Waals surface area contributed by atoms with Crippen molar-refractivity contribution in [3.63, 3.8) is 0 Å². The lowest BCUT2D eigenvalue weighted by Gasteiger charge is -2.50. The summed E-state index contributed by atoms with van der Waals surface area (Å²) in [6.07, 6.45) is 3.04. The first-order valence-corrected chi connectivity index (χ1v) is 7.11. The van der Waals surface area contributed by atoms with Crippen LogP contribution < -0.4 is 4.90 Å². The Kier molecular flexibility index (Phi) is 3.41. The fourth-order valence-electron chi connectivity index (χ4n) is 3.19. The van der Waals surface area contributed by atoms with Gasteiger partial charge in [-0.15, -0.1) is 0 Å². The minimum absolute atomic E-state index is 0.0803.